The Balaban J connectivity index is 1.88. The lowest BCUT2D eigenvalue weighted by atomic mass is 10.1. The molecular formula is C19H27N3O2. The van der Waals surface area contributed by atoms with Crippen molar-refractivity contribution >= 4 is 5.91 Å². The van der Waals surface area contributed by atoms with Crippen molar-refractivity contribution in [2.45, 2.75) is 58.0 Å². The van der Waals surface area contributed by atoms with E-state index in [-0.39, 0.29) is 23.7 Å². The molecule has 2 rings (SSSR count). The molecule has 0 aliphatic rings. The summed E-state index contributed by atoms with van der Waals surface area (Å²) in [6, 6.07) is 9.68. The number of carbonyl (C=O) groups is 1. The first kappa shape index (κ1) is 18.2. The Morgan fingerprint density at radius 3 is 2.75 bits per heavy atom. The third kappa shape index (κ3) is 5.49. The predicted molar refractivity (Wildman–Crippen MR) is 94.6 cm³/mol. The Bertz CT molecular complexity index is 625. The zero-order valence-electron chi connectivity index (χ0n) is 14.5. The molecule has 2 unspecified atom stereocenters. The summed E-state index contributed by atoms with van der Waals surface area (Å²) in [5.74, 6) is 0.184. The minimum Gasteiger partial charge on any atom is -0.446 e. The van der Waals surface area contributed by atoms with Crippen molar-refractivity contribution in [2.75, 3.05) is 0 Å². The maximum absolute atomic E-state index is 12.2. The Labute approximate surface area is 143 Å². The third-order valence-corrected chi connectivity index (χ3v) is 3.99. The van der Waals surface area contributed by atoms with E-state index in [4.69, 9.17) is 10.2 Å². The maximum atomic E-state index is 12.2. The van der Waals surface area contributed by atoms with Gasteiger partial charge in [0.15, 0.2) is 5.69 Å². The van der Waals surface area contributed by atoms with Crippen molar-refractivity contribution in [2.24, 2.45) is 5.73 Å². The molecule has 0 saturated carbocycles. The number of carbonyl (C=O) groups excluding carboxylic acids is 1. The molecule has 1 heterocycles. The maximum Gasteiger partial charge on any atom is 0.273 e. The second kappa shape index (κ2) is 9.23. The number of aromatic nitrogens is 1. The van der Waals surface area contributed by atoms with E-state index in [1.165, 1.54) is 19.1 Å². The summed E-state index contributed by atoms with van der Waals surface area (Å²) in [5.41, 5.74) is 7.53. The molecule has 24 heavy (non-hydrogen) atoms. The molecule has 1 aromatic carbocycles. The molecule has 5 nitrogen and oxygen atoms in total. The zero-order chi connectivity index (χ0) is 17.4. The van der Waals surface area contributed by atoms with E-state index in [1.807, 2.05) is 37.3 Å². The molecule has 2 atom stereocenters. The number of nitrogens with zero attached hydrogens (tertiary/aromatic N) is 1. The van der Waals surface area contributed by atoms with Crippen molar-refractivity contribution in [3.63, 3.8) is 0 Å². The molecule has 0 fully saturated rings. The molecule has 2 aromatic rings. The van der Waals surface area contributed by atoms with E-state index in [1.54, 1.807) is 0 Å². The highest BCUT2D eigenvalue weighted by Gasteiger charge is 2.18. The highest BCUT2D eigenvalue weighted by atomic mass is 16.3. The number of oxazole rings is 1. The first-order chi connectivity index (χ1) is 11.6. The number of unbranched alkanes of at least 4 members (excludes halogenated alkanes) is 2. The van der Waals surface area contributed by atoms with Crippen LogP contribution in [0.15, 0.2) is 41.0 Å². The Kier molecular flexibility index (Phi) is 7.00. The smallest absolute Gasteiger partial charge is 0.273 e. The fourth-order valence-electron chi connectivity index (χ4n) is 2.59. The molecule has 0 aliphatic carbocycles. The van der Waals surface area contributed by atoms with Crippen molar-refractivity contribution in [1.29, 1.82) is 0 Å². The van der Waals surface area contributed by atoms with Crippen LogP contribution in [0.1, 0.15) is 67.5 Å². The van der Waals surface area contributed by atoms with Crippen LogP contribution in [-0.2, 0) is 6.42 Å². The Hall–Kier alpha value is -2.14. The van der Waals surface area contributed by atoms with E-state index in [2.05, 4.69) is 17.2 Å². The lowest BCUT2D eigenvalue weighted by molar-refractivity contribution is 0.0933. The van der Waals surface area contributed by atoms with E-state index in [0.29, 0.717) is 12.3 Å². The van der Waals surface area contributed by atoms with Crippen molar-refractivity contribution in [1.82, 2.24) is 10.3 Å². The van der Waals surface area contributed by atoms with Crippen LogP contribution in [-0.4, -0.2) is 16.9 Å². The second-order valence-corrected chi connectivity index (χ2v) is 6.24. The number of hydrogen-bond donors (Lipinski definition) is 2. The molecule has 0 saturated heterocycles. The SMILES string of the molecule is CCCCCC(C)NC(=O)c1coc(C(N)Cc2ccccc2)n1. The summed E-state index contributed by atoms with van der Waals surface area (Å²) >= 11 is 0. The first-order valence-corrected chi connectivity index (χ1v) is 8.66. The molecule has 0 aliphatic heterocycles. The van der Waals surface area contributed by atoms with E-state index < -0.39 is 0 Å². The van der Waals surface area contributed by atoms with Crippen LogP contribution in [0.5, 0.6) is 0 Å². The summed E-state index contributed by atoms with van der Waals surface area (Å²) in [7, 11) is 0. The van der Waals surface area contributed by atoms with Gasteiger partial charge in [-0.3, -0.25) is 4.79 Å². The molecule has 0 spiro atoms. The Morgan fingerprint density at radius 2 is 2.04 bits per heavy atom. The lowest BCUT2D eigenvalue weighted by Crippen LogP contribution is -2.32. The quantitative estimate of drug-likeness (QED) is 0.689. The summed E-state index contributed by atoms with van der Waals surface area (Å²) < 4.78 is 5.40. The van der Waals surface area contributed by atoms with Gasteiger partial charge in [-0.25, -0.2) is 4.98 Å². The topological polar surface area (TPSA) is 81.2 Å². The fourth-order valence-corrected chi connectivity index (χ4v) is 2.59. The molecule has 0 bridgehead atoms. The Morgan fingerprint density at radius 1 is 1.29 bits per heavy atom. The molecule has 130 valence electrons. The highest BCUT2D eigenvalue weighted by molar-refractivity contribution is 5.92. The van der Waals surface area contributed by atoms with E-state index >= 15 is 0 Å². The van der Waals surface area contributed by atoms with Crippen LogP contribution in [0.25, 0.3) is 0 Å². The zero-order valence-corrected chi connectivity index (χ0v) is 14.5. The molecule has 0 radical (unpaired) electrons. The molecule has 1 amide bonds. The standard InChI is InChI=1S/C19H27N3O2/c1-3-4-6-9-14(2)21-18(23)17-13-24-19(22-17)16(20)12-15-10-7-5-8-11-15/h5,7-8,10-11,13-14,16H,3-4,6,9,12,20H2,1-2H3,(H,21,23). The number of amides is 1. The van der Waals surface area contributed by atoms with Crippen LogP contribution in [0.4, 0.5) is 0 Å². The van der Waals surface area contributed by atoms with E-state index in [0.717, 1.165) is 18.4 Å². The largest absolute Gasteiger partial charge is 0.446 e. The minimum absolute atomic E-state index is 0.127. The van der Waals surface area contributed by atoms with Gasteiger partial charge in [-0.05, 0) is 25.3 Å². The van der Waals surface area contributed by atoms with Crippen LogP contribution < -0.4 is 11.1 Å². The van der Waals surface area contributed by atoms with Gasteiger partial charge >= 0.3 is 0 Å². The van der Waals surface area contributed by atoms with Gasteiger partial charge in [-0.2, -0.15) is 0 Å². The number of nitrogens with two attached hydrogens (primary N) is 1. The van der Waals surface area contributed by atoms with Gasteiger partial charge in [-0.1, -0.05) is 56.5 Å². The number of benzene rings is 1. The monoisotopic (exact) mass is 329 g/mol. The van der Waals surface area contributed by atoms with Gasteiger partial charge in [0, 0.05) is 6.04 Å². The van der Waals surface area contributed by atoms with Crippen LogP contribution in [0.2, 0.25) is 0 Å². The second-order valence-electron chi connectivity index (χ2n) is 6.24. The van der Waals surface area contributed by atoms with Gasteiger partial charge in [0.25, 0.3) is 5.91 Å². The molecule has 3 N–H and O–H groups in total. The number of nitrogens with one attached hydrogen (secondary N) is 1. The highest BCUT2D eigenvalue weighted by Crippen LogP contribution is 2.16. The fraction of sp³-hybridized carbons (Fsp3) is 0.474. The number of rotatable bonds is 9. The van der Waals surface area contributed by atoms with Gasteiger partial charge in [0.1, 0.15) is 6.26 Å². The van der Waals surface area contributed by atoms with Gasteiger partial charge < -0.3 is 15.5 Å². The van der Waals surface area contributed by atoms with Crippen LogP contribution in [0, 0.1) is 0 Å². The first-order valence-electron chi connectivity index (χ1n) is 8.66. The molecule has 5 heteroatoms. The van der Waals surface area contributed by atoms with Crippen molar-refractivity contribution in [3.8, 4) is 0 Å². The van der Waals surface area contributed by atoms with Crippen molar-refractivity contribution < 1.29 is 9.21 Å². The summed E-state index contributed by atoms with van der Waals surface area (Å²) in [6.45, 7) is 4.18. The van der Waals surface area contributed by atoms with Crippen LogP contribution >= 0.6 is 0 Å². The molecule has 1 aromatic heterocycles. The lowest BCUT2D eigenvalue weighted by Gasteiger charge is -2.12. The predicted octanol–water partition coefficient (Wildman–Crippen LogP) is 3.62. The number of hydrogen-bond acceptors (Lipinski definition) is 4. The average molecular weight is 329 g/mol. The van der Waals surface area contributed by atoms with Gasteiger partial charge in [0.2, 0.25) is 5.89 Å². The average Bonchev–Trinajstić information content (AvgIpc) is 3.06. The van der Waals surface area contributed by atoms with Gasteiger partial charge in [0.05, 0.1) is 6.04 Å². The summed E-state index contributed by atoms with van der Waals surface area (Å²) in [4.78, 5) is 16.5. The summed E-state index contributed by atoms with van der Waals surface area (Å²) in [5, 5.41) is 2.95. The summed E-state index contributed by atoms with van der Waals surface area (Å²) in [6.07, 6.45) is 6.45. The van der Waals surface area contributed by atoms with Gasteiger partial charge in [-0.15, -0.1) is 0 Å². The minimum atomic E-state index is -0.365. The molecular weight excluding hydrogens is 302 g/mol. The normalized spacial score (nSPS) is 13.5. The van der Waals surface area contributed by atoms with Crippen LogP contribution in [0.3, 0.4) is 0 Å². The van der Waals surface area contributed by atoms with E-state index in [9.17, 15) is 4.79 Å². The third-order valence-electron chi connectivity index (χ3n) is 3.99. The van der Waals surface area contributed by atoms with Crippen molar-refractivity contribution in [3.05, 3.63) is 53.7 Å².